The van der Waals surface area contributed by atoms with Gasteiger partial charge in [-0.15, -0.1) is 0 Å². The van der Waals surface area contributed by atoms with Gasteiger partial charge in [-0.25, -0.2) is 0 Å². The summed E-state index contributed by atoms with van der Waals surface area (Å²) in [5.74, 6) is 0.229. The van der Waals surface area contributed by atoms with Crippen LogP contribution in [-0.2, 0) is 4.74 Å². The van der Waals surface area contributed by atoms with Crippen LogP contribution in [0.4, 0.5) is 0 Å². The third-order valence-electron chi connectivity index (χ3n) is 4.36. The zero-order valence-corrected chi connectivity index (χ0v) is 13.7. The molecule has 0 aromatic heterocycles. The lowest BCUT2D eigenvalue weighted by Gasteiger charge is -2.43. The predicted octanol–water partition coefficient (Wildman–Crippen LogP) is 3.12. The third-order valence-corrected chi connectivity index (χ3v) is 5.08. The molecule has 2 fully saturated rings. The number of carbonyl (C=O) groups excluding carboxylic acids is 1. The number of benzene rings is 1. The smallest absolute Gasteiger partial charge is 0.176 e. The van der Waals surface area contributed by atoms with Crippen molar-refractivity contribution in [2.45, 2.75) is 37.8 Å². The number of halogens is 1. The molecule has 0 bridgehead atoms. The maximum absolute atomic E-state index is 12.4. The SMILES string of the molecule is O=C(CN1CCOC2CCCCC21)c1ccc(I)cc1. The van der Waals surface area contributed by atoms with Gasteiger partial charge in [0.25, 0.3) is 0 Å². The molecule has 2 unspecified atom stereocenters. The summed E-state index contributed by atoms with van der Waals surface area (Å²) < 4.78 is 7.03. The van der Waals surface area contributed by atoms with E-state index in [0.717, 1.165) is 28.7 Å². The van der Waals surface area contributed by atoms with Gasteiger partial charge in [0.05, 0.1) is 19.3 Å². The van der Waals surface area contributed by atoms with Gasteiger partial charge >= 0.3 is 0 Å². The van der Waals surface area contributed by atoms with Crippen LogP contribution in [0.1, 0.15) is 36.0 Å². The van der Waals surface area contributed by atoms with E-state index in [1.165, 1.54) is 19.3 Å². The largest absolute Gasteiger partial charge is 0.375 e. The van der Waals surface area contributed by atoms with E-state index >= 15 is 0 Å². The molecule has 3 rings (SSSR count). The lowest BCUT2D eigenvalue weighted by molar-refractivity contribution is -0.0846. The highest BCUT2D eigenvalue weighted by molar-refractivity contribution is 14.1. The van der Waals surface area contributed by atoms with Crippen molar-refractivity contribution in [3.05, 3.63) is 33.4 Å². The number of nitrogens with zero attached hydrogens (tertiary/aromatic N) is 1. The minimum absolute atomic E-state index is 0.229. The fourth-order valence-electron chi connectivity index (χ4n) is 3.28. The Hall–Kier alpha value is -0.460. The minimum Gasteiger partial charge on any atom is -0.375 e. The van der Waals surface area contributed by atoms with Crippen molar-refractivity contribution in [1.82, 2.24) is 4.90 Å². The van der Waals surface area contributed by atoms with Crippen LogP contribution in [0, 0.1) is 3.57 Å². The van der Waals surface area contributed by atoms with Crippen LogP contribution in [0.3, 0.4) is 0 Å². The molecule has 1 saturated carbocycles. The van der Waals surface area contributed by atoms with E-state index in [4.69, 9.17) is 4.74 Å². The maximum atomic E-state index is 12.4. The molecule has 1 aromatic carbocycles. The molecular formula is C16H20INO2. The van der Waals surface area contributed by atoms with Crippen molar-refractivity contribution in [2.24, 2.45) is 0 Å². The number of rotatable bonds is 3. The first-order chi connectivity index (χ1) is 9.74. The topological polar surface area (TPSA) is 29.5 Å². The number of hydrogen-bond donors (Lipinski definition) is 0. The zero-order chi connectivity index (χ0) is 13.9. The molecular weight excluding hydrogens is 365 g/mol. The molecule has 20 heavy (non-hydrogen) atoms. The van der Waals surface area contributed by atoms with E-state index in [9.17, 15) is 4.79 Å². The van der Waals surface area contributed by atoms with Gasteiger partial charge in [0.2, 0.25) is 0 Å². The standard InChI is InChI=1S/C16H20INO2/c17-13-7-5-12(6-8-13)15(19)11-18-9-10-20-16-4-2-1-3-14(16)18/h5-8,14,16H,1-4,9-11H2. The van der Waals surface area contributed by atoms with Gasteiger partial charge in [-0.2, -0.15) is 0 Å². The van der Waals surface area contributed by atoms with Crippen LogP contribution in [0.5, 0.6) is 0 Å². The van der Waals surface area contributed by atoms with E-state index < -0.39 is 0 Å². The van der Waals surface area contributed by atoms with E-state index in [0.29, 0.717) is 18.7 Å². The Balaban J connectivity index is 1.66. The van der Waals surface area contributed by atoms with Crippen molar-refractivity contribution in [3.8, 4) is 0 Å². The molecule has 108 valence electrons. The van der Waals surface area contributed by atoms with Crippen molar-refractivity contribution in [1.29, 1.82) is 0 Å². The quantitative estimate of drug-likeness (QED) is 0.592. The molecule has 0 radical (unpaired) electrons. The number of Topliss-reactive ketones (excluding diaryl/α,β-unsaturated/α-hetero) is 1. The summed E-state index contributed by atoms with van der Waals surface area (Å²) in [5, 5.41) is 0. The summed E-state index contributed by atoms with van der Waals surface area (Å²) in [6.07, 6.45) is 5.20. The zero-order valence-electron chi connectivity index (χ0n) is 11.6. The van der Waals surface area contributed by atoms with Crippen LogP contribution in [0.25, 0.3) is 0 Å². The van der Waals surface area contributed by atoms with Crippen molar-refractivity contribution in [2.75, 3.05) is 19.7 Å². The summed E-state index contributed by atoms with van der Waals surface area (Å²) in [4.78, 5) is 14.8. The number of hydrogen-bond acceptors (Lipinski definition) is 3. The van der Waals surface area contributed by atoms with E-state index in [-0.39, 0.29) is 5.78 Å². The Morgan fingerprint density at radius 2 is 2.00 bits per heavy atom. The monoisotopic (exact) mass is 385 g/mol. The summed E-state index contributed by atoms with van der Waals surface area (Å²) >= 11 is 2.26. The van der Waals surface area contributed by atoms with Crippen LogP contribution in [-0.4, -0.2) is 42.5 Å². The number of carbonyl (C=O) groups is 1. The normalized spacial score (nSPS) is 27.1. The first-order valence-corrected chi connectivity index (χ1v) is 8.46. The molecule has 1 aromatic rings. The lowest BCUT2D eigenvalue weighted by Crippen LogP contribution is -2.53. The molecule has 2 atom stereocenters. The average molecular weight is 385 g/mol. The molecule has 0 spiro atoms. The minimum atomic E-state index is 0.229. The van der Waals surface area contributed by atoms with Crippen LogP contribution >= 0.6 is 22.6 Å². The first-order valence-electron chi connectivity index (χ1n) is 7.38. The van der Waals surface area contributed by atoms with Crippen LogP contribution in [0.15, 0.2) is 24.3 Å². The molecule has 1 aliphatic carbocycles. The highest BCUT2D eigenvalue weighted by Gasteiger charge is 2.34. The molecule has 0 N–H and O–H groups in total. The van der Waals surface area contributed by atoms with Gasteiger partial charge in [-0.3, -0.25) is 9.69 Å². The van der Waals surface area contributed by atoms with Gasteiger partial charge in [-0.05, 0) is 47.6 Å². The van der Waals surface area contributed by atoms with Crippen LogP contribution < -0.4 is 0 Å². The molecule has 2 aliphatic rings. The number of fused-ring (bicyclic) bond motifs is 1. The Morgan fingerprint density at radius 1 is 1.25 bits per heavy atom. The Kier molecular flexibility index (Phi) is 4.73. The maximum Gasteiger partial charge on any atom is 0.176 e. The summed E-state index contributed by atoms with van der Waals surface area (Å²) in [6.45, 7) is 2.18. The van der Waals surface area contributed by atoms with Gasteiger partial charge in [0.1, 0.15) is 0 Å². The highest BCUT2D eigenvalue weighted by atomic mass is 127. The van der Waals surface area contributed by atoms with Crippen molar-refractivity contribution in [3.63, 3.8) is 0 Å². The first kappa shape index (κ1) is 14.5. The molecule has 1 heterocycles. The summed E-state index contributed by atoms with van der Waals surface area (Å²) in [6, 6.07) is 8.31. The van der Waals surface area contributed by atoms with Gasteiger partial charge in [-0.1, -0.05) is 25.0 Å². The second-order valence-electron chi connectivity index (χ2n) is 5.66. The second-order valence-corrected chi connectivity index (χ2v) is 6.91. The number of ether oxygens (including phenoxy) is 1. The average Bonchev–Trinajstić information content (AvgIpc) is 2.48. The molecule has 1 aliphatic heterocycles. The Labute approximate surface area is 133 Å². The summed E-state index contributed by atoms with van der Waals surface area (Å²) in [5.41, 5.74) is 0.823. The van der Waals surface area contributed by atoms with E-state index in [1.54, 1.807) is 0 Å². The van der Waals surface area contributed by atoms with Crippen LogP contribution in [0.2, 0.25) is 0 Å². The Morgan fingerprint density at radius 3 is 2.80 bits per heavy atom. The molecule has 4 heteroatoms. The van der Waals surface area contributed by atoms with E-state index in [2.05, 4.69) is 27.5 Å². The summed E-state index contributed by atoms with van der Waals surface area (Å²) in [7, 11) is 0. The number of morpholine rings is 1. The molecule has 1 saturated heterocycles. The van der Waals surface area contributed by atoms with Gasteiger partial charge in [0.15, 0.2) is 5.78 Å². The van der Waals surface area contributed by atoms with Gasteiger partial charge < -0.3 is 4.74 Å². The highest BCUT2D eigenvalue weighted by Crippen LogP contribution is 2.28. The number of ketones is 1. The molecule has 0 amide bonds. The molecule has 3 nitrogen and oxygen atoms in total. The van der Waals surface area contributed by atoms with Gasteiger partial charge in [0, 0.05) is 21.7 Å². The third kappa shape index (κ3) is 3.23. The van der Waals surface area contributed by atoms with E-state index in [1.807, 2.05) is 24.3 Å². The van der Waals surface area contributed by atoms with Crippen molar-refractivity contribution < 1.29 is 9.53 Å². The lowest BCUT2D eigenvalue weighted by atomic mass is 9.90. The van der Waals surface area contributed by atoms with Crippen molar-refractivity contribution >= 4 is 28.4 Å². The predicted molar refractivity (Wildman–Crippen MR) is 87.1 cm³/mol. The fraction of sp³-hybridized carbons (Fsp3) is 0.562. The second kappa shape index (κ2) is 6.54. The Bertz CT molecular complexity index is 472. The fourth-order valence-corrected chi connectivity index (χ4v) is 3.64.